The van der Waals surface area contributed by atoms with Crippen molar-refractivity contribution in [2.45, 2.75) is 26.2 Å². The molecule has 0 aliphatic carbocycles. The standard InChI is InChI=1S/C16H27N3O2/c1-16(2,3)13-11-14(20)15(17-12-13)21-10-9-19-7-5-18(4)6-8-19/h11-12,20H,5-10H2,1-4H3. The molecule has 1 N–H and O–H groups in total. The van der Waals surface area contributed by atoms with Crippen LogP contribution in [0.2, 0.25) is 0 Å². The summed E-state index contributed by atoms with van der Waals surface area (Å²) in [5.41, 5.74) is 0.981. The Labute approximate surface area is 127 Å². The summed E-state index contributed by atoms with van der Waals surface area (Å²) in [5, 5.41) is 10.0. The van der Waals surface area contributed by atoms with Crippen molar-refractivity contribution < 1.29 is 9.84 Å². The highest BCUT2D eigenvalue weighted by Crippen LogP contribution is 2.29. The van der Waals surface area contributed by atoms with E-state index >= 15 is 0 Å². The molecule has 1 aliphatic heterocycles. The molecule has 0 aromatic carbocycles. The summed E-state index contributed by atoms with van der Waals surface area (Å²) >= 11 is 0. The Morgan fingerprint density at radius 2 is 1.90 bits per heavy atom. The highest BCUT2D eigenvalue weighted by atomic mass is 16.5. The first-order valence-corrected chi connectivity index (χ1v) is 7.59. The monoisotopic (exact) mass is 293 g/mol. The van der Waals surface area contributed by atoms with Crippen LogP contribution in [0.15, 0.2) is 12.3 Å². The van der Waals surface area contributed by atoms with Gasteiger partial charge in [0.25, 0.3) is 5.88 Å². The quantitative estimate of drug-likeness (QED) is 0.916. The third-order valence-electron chi connectivity index (χ3n) is 3.94. The number of aromatic hydroxyl groups is 1. The summed E-state index contributed by atoms with van der Waals surface area (Å²) < 4.78 is 5.62. The molecule has 118 valence electrons. The highest BCUT2D eigenvalue weighted by molar-refractivity contribution is 5.37. The fourth-order valence-electron chi connectivity index (χ4n) is 2.30. The molecule has 1 fully saturated rings. The molecule has 1 aromatic rings. The van der Waals surface area contributed by atoms with E-state index in [0.29, 0.717) is 12.5 Å². The average Bonchev–Trinajstić information content (AvgIpc) is 2.41. The van der Waals surface area contributed by atoms with E-state index in [1.807, 2.05) is 0 Å². The molecule has 1 aliphatic rings. The molecule has 5 nitrogen and oxygen atoms in total. The van der Waals surface area contributed by atoms with Crippen LogP contribution in [-0.4, -0.2) is 66.3 Å². The van der Waals surface area contributed by atoms with Crippen LogP contribution in [0.1, 0.15) is 26.3 Å². The smallest absolute Gasteiger partial charge is 0.256 e. The maximum Gasteiger partial charge on any atom is 0.256 e. The Bertz CT molecular complexity index is 463. The zero-order chi connectivity index (χ0) is 15.5. The lowest BCUT2D eigenvalue weighted by atomic mass is 9.88. The normalized spacial score (nSPS) is 17.9. The summed E-state index contributed by atoms with van der Waals surface area (Å²) in [5.74, 6) is 0.456. The second-order valence-corrected chi connectivity index (χ2v) is 6.79. The zero-order valence-corrected chi connectivity index (χ0v) is 13.6. The maximum absolute atomic E-state index is 10.0. The van der Waals surface area contributed by atoms with Crippen molar-refractivity contribution in [3.8, 4) is 11.6 Å². The molecule has 0 amide bonds. The van der Waals surface area contributed by atoms with Crippen molar-refractivity contribution in [1.29, 1.82) is 0 Å². The van der Waals surface area contributed by atoms with Gasteiger partial charge >= 0.3 is 0 Å². The third-order valence-corrected chi connectivity index (χ3v) is 3.94. The lowest BCUT2D eigenvalue weighted by Crippen LogP contribution is -2.45. The Morgan fingerprint density at radius 1 is 1.24 bits per heavy atom. The first-order valence-electron chi connectivity index (χ1n) is 7.59. The van der Waals surface area contributed by atoms with E-state index in [2.05, 4.69) is 42.6 Å². The number of pyridine rings is 1. The van der Waals surface area contributed by atoms with E-state index in [1.165, 1.54) is 0 Å². The number of hydrogen-bond donors (Lipinski definition) is 1. The summed E-state index contributed by atoms with van der Waals surface area (Å²) in [6.45, 7) is 12.1. The molecule has 5 heteroatoms. The van der Waals surface area contributed by atoms with E-state index in [4.69, 9.17) is 4.74 Å². The van der Waals surface area contributed by atoms with Gasteiger partial charge in [-0.25, -0.2) is 4.98 Å². The third kappa shape index (κ3) is 4.58. The molecular formula is C16H27N3O2. The van der Waals surface area contributed by atoms with Gasteiger partial charge < -0.3 is 14.7 Å². The molecule has 1 aromatic heterocycles. The number of aromatic nitrogens is 1. The lowest BCUT2D eigenvalue weighted by Gasteiger charge is -2.32. The van der Waals surface area contributed by atoms with Crippen LogP contribution in [0, 0.1) is 0 Å². The largest absolute Gasteiger partial charge is 0.503 e. The fourth-order valence-corrected chi connectivity index (χ4v) is 2.30. The summed E-state index contributed by atoms with van der Waals surface area (Å²) in [7, 11) is 2.15. The first kappa shape index (κ1) is 16.0. The molecule has 2 rings (SSSR count). The second-order valence-electron chi connectivity index (χ2n) is 6.79. The van der Waals surface area contributed by atoms with Crippen molar-refractivity contribution in [3.63, 3.8) is 0 Å². The number of piperazine rings is 1. The van der Waals surface area contributed by atoms with Gasteiger partial charge in [-0.15, -0.1) is 0 Å². The minimum absolute atomic E-state index is 0.0250. The van der Waals surface area contributed by atoms with Crippen molar-refractivity contribution >= 4 is 0 Å². The zero-order valence-electron chi connectivity index (χ0n) is 13.6. The minimum Gasteiger partial charge on any atom is -0.503 e. The van der Waals surface area contributed by atoms with Gasteiger partial charge in [-0.05, 0) is 24.1 Å². The first-order chi connectivity index (χ1) is 9.86. The van der Waals surface area contributed by atoms with E-state index in [0.717, 1.165) is 38.3 Å². The summed E-state index contributed by atoms with van der Waals surface area (Å²) in [6, 6.07) is 1.75. The number of hydrogen-bond acceptors (Lipinski definition) is 5. The summed E-state index contributed by atoms with van der Waals surface area (Å²) in [6.07, 6.45) is 1.78. The van der Waals surface area contributed by atoms with Crippen molar-refractivity contribution in [2.75, 3.05) is 46.4 Å². The maximum atomic E-state index is 10.0. The minimum atomic E-state index is -0.0250. The van der Waals surface area contributed by atoms with Gasteiger partial charge in [0, 0.05) is 38.9 Å². The van der Waals surface area contributed by atoms with E-state index < -0.39 is 0 Å². The van der Waals surface area contributed by atoms with Crippen LogP contribution in [0.25, 0.3) is 0 Å². The SMILES string of the molecule is CN1CCN(CCOc2ncc(C(C)(C)C)cc2O)CC1. The number of nitrogens with zero attached hydrogens (tertiary/aromatic N) is 3. The Balaban J connectivity index is 1.83. The van der Waals surface area contributed by atoms with Gasteiger partial charge in [0.1, 0.15) is 6.61 Å². The van der Waals surface area contributed by atoms with Crippen LogP contribution in [0.4, 0.5) is 0 Å². The predicted molar refractivity (Wildman–Crippen MR) is 84.0 cm³/mol. The number of rotatable bonds is 4. The second kappa shape index (κ2) is 6.62. The molecule has 0 unspecified atom stereocenters. The van der Waals surface area contributed by atoms with Crippen LogP contribution in [0.5, 0.6) is 11.6 Å². The molecular weight excluding hydrogens is 266 g/mol. The molecule has 0 saturated carbocycles. The lowest BCUT2D eigenvalue weighted by molar-refractivity contribution is 0.131. The van der Waals surface area contributed by atoms with Crippen molar-refractivity contribution in [2.24, 2.45) is 0 Å². The molecule has 0 radical (unpaired) electrons. The Morgan fingerprint density at radius 3 is 2.48 bits per heavy atom. The van der Waals surface area contributed by atoms with Gasteiger partial charge in [-0.2, -0.15) is 0 Å². The number of ether oxygens (including phenoxy) is 1. The Kier molecular flexibility index (Phi) is 5.06. The number of likely N-dealkylation sites (N-methyl/N-ethyl adjacent to an activating group) is 1. The van der Waals surface area contributed by atoms with Crippen molar-refractivity contribution in [3.05, 3.63) is 17.8 Å². The average molecular weight is 293 g/mol. The molecule has 0 bridgehead atoms. The van der Waals surface area contributed by atoms with Crippen LogP contribution < -0.4 is 4.74 Å². The fraction of sp³-hybridized carbons (Fsp3) is 0.688. The highest BCUT2D eigenvalue weighted by Gasteiger charge is 2.17. The molecule has 2 heterocycles. The van der Waals surface area contributed by atoms with Gasteiger partial charge in [0.05, 0.1) is 0 Å². The van der Waals surface area contributed by atoms with E-state index in [1.54, 1.807) is 12.3 Å². The molecule has 0 spiro atoms. The van der Waals surface area contributed by atoms with Crippen LogP contribution >= 0.6 is 0 Å². The van der Waals surface area contributed by atoms with E-state index in [-0.39, 0.29) is 11.2 Å². The van der Waals surface area contributed by atoms with Crippen molar-refractivity contribution in [1.82, 2.24) is 14.8 Å². The van der Waals surface area contributed by atoms with Crippen LogP contribution in [-0.2, 0) is 5.41 Å². The van der Waals surface area contributed by atoms with Gasteiger partial charge in [0.15, 0.2) is 5.75 Å². The predicted octanol–water partition coefficient (Wildman–Crippen LogP) is 1.71. The van der Waals surface area contributed by atoms with Gasteiger partial charge in [0.2, 0.25) is 0 Å². The topological polar surface area (TPSA) is 48.8 Å². The van der Waals surface area contributed by atoms with Gasteiger partial charge in [-0.3, -0.25) is 4.90 Å². The molecule has 0 atom stereocenters. The molecule has 21 heavy (non-hydrogen) atoms. The van der Waals surface area contributed by atoms with E-state index in [9.17, 15) is 5.11 Å². The molecule has 1 saturated heterocycles. The van der Waals surface area contributed by atoms with Crippen LogP contribution in [0.3, 0.4) is 0 Å². The summed E-state index contributed by atoms with van der Waals surface area (Å²) in [4.78, 5) is 8.95. The Hall–Kier alpha value is -1.33. The van der Waals surface area contributed by atoms with Gasteiger partial charge in [-0.1, -0.05) is 20.8 Å².